The van der Waals surface area contributed by atoms with Crippen LogP contribution in [0, 0.1) is 0 Å². The molecule has 1 saturated heterocycles. The van der Waals surface area contributed by atoms with Gasteiger partial charge in [0.1, 0.15) is 23.6 Å². The van der Waals surface area contributed by atoms with Crippen LogP contribution in [-0.4, -0.2) is 73.5 Å². The van der Waals surface area contributed by atoms with Crippen molar-refractivity contribution in [3.8, 4) is 16.9 Å². The van der Waals surface area contributed by atoms with Gasteiger partial charge in [0, 0.05) is 55.5 Å². The van der Waals surface area contributed by atoms with Gasteiger partial charge in [0.15, 0.2) is 11.5 Å². The number of carbonyl (C=O) groups excluding carboxylic acids is 1. The zero-order chi connectivity index (χ0) is 30.8. The minimum absolute atomic E-state index is 0.209. The van der Waals surface area contributed by atoms with Gasteiger partial charge in [-0.3, -0.25) is 10.2 Å². The van der Waals surface area contributed by atoms with Gasteiger partial charge in [-0.1, -0.05) is 57.1 Å². The number of fused-ring (bicyclic) bond motifs is 1. The topological polar surface area (TPSA) is 143 Å². The van der Waals surface area contributed by atoms with Crippen molar-refractivity contribution in [2.45, 2.75) is 39.7 Å². The van der Waals surface area contributed by atoms with E-state index in [1.807, 2.05) is 32.9 Å². The van der Waals surface area contributed by atoms with Crippen LogP contribution in [0.2, 0.25) is 0 Å². The van der Waals surface area contributed by atoms with Crippen LogP contribution < -0.4 is 16.4 Å². The predicted octanol–water partition coefficient (Wildman–Crippen LogP) is 5.13. The molecule has 0 aliphatic carbocycles. The van der Waals surface area contributed by atoms with Crippen molar-refractivity contribution in [2.24, 2.45) is 0 Å². The Morgan fingerprint density at radius 1 is 0.955 bits per heavy atom. The van der Waals surface area contributed by atoms with Gasteiger partial charge in [-0.25, -0.2) is 19.4 Å². The summed E-state index contributed by atoms with van der Waals surface area (Å²) < 4.78 is 7.09. The molecular weight excluding hydrogens is 556 g/mol. The standard InChI is InChI=1S/C32H38N10O2/c1-5-40-14-16-41(17-15-40)19-21-6-8-22(9-7-21)28-27-29(33)34-20-35-30(27)42(38-28)24-12-10-23(11-13-24)36-31(43)37-26-18-25(44-39-26)32(2,3)4/h6-13,18,20H,5,14-17,19H2,1-4H3,(H2,33,34,35)(H2,36,37,39,43). The average Bonchev–Trinajstić information content (AvgIpc) is 3.65. The third kappa shape index (κ3) is 6.26. The summed E-state index contributed by atoms with van der Waals surface area (Å²) in [7, 11) is 0. The zero-order valence-corrected chi connectivity index (χ0v) is 25.5. The number of nitrogens with two attached hydrogens (primary N) is 1. The molecule has 0 radical (unpaired) electrons. The molecule has 1 aliphatic rings. The van der Waals surface area contributed by atoms with E-state index in [1.54, 1.807) is 22.9 Å². The highest BCUT2D eigenvalue weighted by molar-refractivity contribution is 6.00. The molecule has 1 aliphatic heterocycles. The number of nitrogens with one attached hydrogen (secondary N) is 2. The molecule has 6 rings (SSSR count). The number of amides is 2. The minimum Gasteiger partial charge on any atom is -0.383 e. The van der Waals surface area contributed by atoms with E-state index in [2.05, 4.69) is 66.7 Å². The molecule has 4 N–H and O–H groups in total. The number of anilines is 3. The molecule has 1 fully saturated rings. The van der Waals surface area contributed by atoms with Gasteiger partial charge in [0.05, 0.1) is 11.1 Å². The van der Waals surface area contributed by atoms with Crippen LogP contribution in [0.15, 0.2) is 65.4 Å². The number of likely N-dealkylation sites (N-methyl/N-ethyl adjacent to an activating group) is 1. The fourth-order valence-electron chi connectivity index (χ4n) is 5.30. The van der Waals surface area contributed by atoms with Gasteiger partial charge >= 0.3 is 6.03 Å². The Hall–Kier alpha value is -4.81. The summed E-state index contributed by atoms with van der Waals surface area (Å²) >= 11 is 0. The van der Waals surface area contributed by atoms with Crippen molar-refractivity contribution in [2.75, 3.05) is 49.1 Å². The first-order valence-corrected chi connectivity index (χ1v) is 14.9. The van der Waals surface area contributed by atoms with Crippen LogP contribution >= 0.6 is 0 Å². The number of nitrogens with zero attached hydrogens (tertiary/aromatic N) is 7. The highest BCUT2D eigenvalue weighted by Gasteiger charge is 2.21. The largest absolute Gasteiger partial charge is 0.383 e. The van der Waals surface area contributed by atoms with Crippen molar-refractivity contribution in [1.82, 2.24) is 34.7 Å². The van der Waals surface area contributed by atoms with E-state index in [9.17, 15) is 4.79 Å². The van der Waals surface area contributed by atoms with E-state index in [0.717, 1.165) is 50.5 Å². The molecule has 3 aromatic heterocycles. The first-order valence-electron chi connectivity index (χ1n) is 14.9. The van der Waals surface area contributed by atoms with Crippen LogP contribution in [0.4, 0.5) is 22.1 Å². The van der Waals surface area contributed by atoms with Crippen LogP contribution in [-0.2, 0) is 12.0 Å². The minimum atomic E-state index is -0.425. The molecule has 5 aromatic rings. The van der Waals surface area contributed by atoms with E-state index in [-0.39, 0.29) is 5.41 Å². The fourth-order valence-corrected chi connectivity index (χ4v) is 5.30. The summed E-state index contributed by atoms with van der Waals surface area (Å²) in [5.41, 5.74) is 11.0. The molecule has 0 unspecified atom stereocenters. The molecule has 0 bridgehead atoms. The molecule has 12 heteroatoms. The van der Waals surface area contributed by atoms with E-state index in [4.69, 9.17) is 15.4 Å². The number of urea groups is 1. The van der Waals surface area contributed by atoms with Crippen LogP contribution in [0.3, 0.4) is 0 Å². The van der Waals surface area contributed by atoms with Crippen molar-refractivity contribution in [3.63, 3.8) is 0 Å². The van der Waals surface area contributed by atoms with Crippen molar-refractivity contribution >= 4 is 34.4 Å². The highest BCUT2D eigenvalue weighted by atomic mass is 16.5. The Morgan fingerprint density at radius 3 is 2.32 bits per heavy atom. The van der Waals surface area contributed by atoms with Crippen LogP contribution in [0.25, 0.3) is 28.0 Å². The molecule has 0 saturated carbocycles. The first kappa shape index (κ1) is 29.3. The van der Waals surface area contributed by atoms with Gasteiger partial charge in [0.25, 0.3) is 0 Å². The maximum absolute atomic E-state index is 12.6. The Morgan fingerprint density at radius 2 is 1.66 bits per heavy atom. The predicted molar refractivity (Wildman–Crippen MR) is 172 cm³/mol. The molecule has 2 amide bonds. The van der Waals surface area contributed by atoms with Gasteiger partial charge in [0.2, 0.25) is 0 Å². The van der Waals surface area contributed by atoms with Gasteiger partial charge in [-0.2, -0.15) is 5.10 Å². The van der Waals surface area contributed by atoms with E-state index in [0.29, 0.717) is 39.8 Å². The molecule has 228 valence electrons. The molecular formula is C32H38N10O2. The summed E-state index contributed by atoms with van der Waals surface area (Å²) in [5.74, 6) is 1.40. The molecule has 2 aromatic carbocycles. The van der Waals surface area contributed by atoms with Crippen molar-refractivity contribution < 1.29 is 9.32 Å². The lowest BCUT2D eigenvalue weighted by Gasteiger charge is -2.34. The molecule has 0 atom stereocenters. The lowest BCUT2D eigenvalue weighted by Crippen LogP contribution is -2.45. The maximum atomic E-state index is 12.6. The quantitative estimate of drug-likeness (QED) is 0.234. The van der Waals surface area contributed by atoms with Gasteiger partial charge in [-0.05, 0) is 36.4 Å². The number of aromatic nitrogens is 5. The number of hydrogen-bond acceptors (Lipinski definition) is 9. The molecule has 0 spiro atoms. The number of rotatable bonds is 7. The maximum Gasteiger partial charge on any atom is 0.324 e. The third-order valence-corrected chi connectivity index (χ3v) is 7.90. The summed E-state index contributed by atoms with van der Waals surface area (Å²) in [6, 6.07) is 17.1. The van der Waals surface area contributed by atoms with Crippen LogP contribution in [0.1, 0.15) is 39.0 Å². The average molecular weight is 595 g/mol. The normalized spacial score (nSPS) is 14.6. The molecule has 12 nitrogen and oxygen atoms in total. The monoisotopic (exact) mass is 594 g/mol. The number of hydrogen-bond donors (Lipinski definition) is 3. The summed E-state index contributed by atoms with van der Waals surface area (Å²) in [6.45, 7) is 14.7. The smallest absolute Gasteiger partial charge is 0.324 e. The van der Waals surface area contributed by atoms with E-state index >= 15 is 0 Å². The van der Waals surface area contributed by atoms with Crippen LogP contribution in [0.5, 0.6) is 0 Å². The second-order valence-corrected chi connectivity index (χ2v) is 12.1. The van der Waals surface area contributed by atoms with Crippen molar-refractivity contribution in [3.05, 3.63) is 72.2 Å². The number of carbonyl (C=O) groups is 1. The second-order valence-electron chi connectivity index (χ2n) is 12.1. The second kappa shape index (κ2) is 12.1. The van der Waals surface area contributed by atoms with E-state index < -0.39 is 6.03 Å². The summed E-state index contributed by atoms with van der Waals surface area (Å²) in [6.07, 6.45) is 1.44. The fraction of sp³-hybridized carbons (Fsp3) is 0.344. The third-order valence-electron chi connectivity index (χ3n) is 7.90. The number of piperazine rings is 1. The Bertz CT molecular complexity index is 1740. The lowest BCUT2D eigenvalue weighted by molar-refractivity contribution is 0.132. The Labute approximate surface area is 256 Å². The molecule has 44 heavy (non-hydrogen) atoms. The Kier molecular flexibility index (Phi) is 8.02. The number of benzene rings is 2. The van der Waals surface area contributed by atoms with Crippen molar-refractivity contribution in [1.29, 1.82) is 0 Å². The summed E-state index contributed by atoms with van der Waals surface area (Å²) in [5, 5.41) is 15.1. The van der Waals surface area contributed by atoms with Gasteiger partial charge < -0.3 is 20.5 Å². The first-order chi connectivity index (χ1) is 21.2. The molecule has 4 heterocycles. The zero-order valence-electron chi connectivity index (χ0n) is 25.5. The number of nitrogen functional groups attached to an aromatic ring is 1. The van der Waals surface area contributed by atoms with E-state index in [1.165, 1.54) is 11.9 Å². The lowest BCUT2D eigenvalue weighted by atomic mass is 9.93. The SMILES string of the molecule is CCN1CCN(Cc2ccc(-c3nn(-c4ccc(NC(=O)Nc5cc(C(C)(C)C)on5)cc4)c4ncnc(N)c34)cc2)CC1. The highest BCUT2D eigenvalue weighted by Crippen LogP contribution is 2.32. The van der Waals surface area contributed by atoms with Gasteiger partial charge in [-0.15, -0.1) is 0 Å². The summed E-state index contributed by atoms with van der Waals surface area (Å²) in [4.78, 5) is 26.3. The Balaban J connectivity index is 1.18.